The predicted octanol–water partition coefficient (Wildman–Crippen LogP) is 2.06. The van der Waals surface area contributed by atoms with Crippen LogP contribution in [0.2, 0.25) is 0 Å². The van der Waals surface area contributed by atoms with E-state index >= 15 is 0 Å². The molecule has 0 spiro atoms. The van der Waals surface area contributed by atoms with Gasteiger partial charge >= 0.3 is 5.97 Å². The Kier molecular flexibility index (Phi) is 4.01. The summed E-state index contributed by atoms with van der Waals surface area (Å²) in [7, 11) is 0. The average molecular weight is 291 g/mol. The summed E-state index contributed by atoms with van der Waals surface area (Å²) in [6, 6.07) is 3.69. The highest BCUT2D eigenvalue weighted by molar-refractivity contribution is 5.70. The minimum atomic E-state index is -0.709. The zero-order chi connectivity index (χ0) is 14.7. The number of rotatable bonds is 5. The van der Waals surface area contributed by atoms with E-state index in [1.807, 2.05) is 0 Å². The molecule has 2 atom stereocenters. The van der Waals surface area contributed by atoms with Crippen LogP contribution in [0.1, 0.15) is 31.6 Å². The second-order valence-corrected chi connectivity index (χ2v) is 5.26. The SMILES string of the molecule is O=C(O)C1CCCC(NCc2nnc(-c3ccco3)o2)C1. The topological polar surface area (TPSA) is 101 Å². The number of furan rings is 1. The summed E-state index contributed by atoms with van der Waals surface area (Å²) in [5, 5.41) is 20.2. The molecule has 1 aliphatic rings. The van der Waals surface area contributed by atoms with Crippen molar-refractivity contribution >= 4 is 5.97 Å². The molecule has 1 aliphatic carbocycles. The summed E-state index contributed by atoms with van der Waals surface area (Å²) in [6.45, 7) is 0.435. The molecule has 0 bridgehead atoms. The fourth-order valence-corrected chi connectivity index (χ4v) is 2.66. The molecule has 0 aliphatic heterocycles. The molecule has 0 amide bonds. The van der Waals surface area contributed by atoms with Gasteiger partial charge in [0.1, 0.15) is 0 Å². The molecular weight excluding hydrogens is 274 g/mol. The summed E-state index contributed by atoms with van der Waals surface area (Å²) in [4.78, 5) is 11.0. The van der Waals surface area contributed by atoms with Crippen molar-refractivity contribution in [3.8, 4) is 11.7 Å². The molecule has 7 nitrogen and oxygen atoms in total. The second kappa shape index (κ2) is 6.09. The van der Waals surface area contributed by atoms with Gasteiger partial charge < -0.3 is 19.3 Å². The van der Waals surface area contributed by atoms with E-state index in [0.29, 0.717) is 30.5 Å². The zero-order valence-electron chi connectivity index (χ0n) is 11.5. The number of carboxylic acids is 1. The van der Waals surface area contributed by atoms with Crippen molar-refractivity contribution in [2.45, 2.75) is 38.3 Å². The maximum Gasteiger partial charge on any atom is 0.306 e. The molecule has 2 aromatic rings. The monoisotopic (exact) mass is 291 g/mol. The smallest absolute Gasteiger partial charge is 0.306 e. The quantitative estimate of drug-likeness (QED) is 0.869. The molecule has 112 valence electrons. The Morgan fingerprint density at radius 3 is 3.10 bits per heavy atom. The van der Waals surface area contributed by atoms with Gasteiger partial charge in [-0.15, -0.1) is 10.2 Å². The van der Waals surface area contributed by atoms with E-state index in [4.69, 9.17) is 13.9 Å². The van der Waals surface area contributed by atoms with Gasteiger partial charge in [-0.2, -0.15) is 0 Å². The van der Waals surface area contributed by atoms with Crippen LogP contribution >= 0.6 is 0 Å². The molecule has 2 aromatic heterocycles. The molecule has 7 heteroatoms. The van der Waals surface area contributed by atoms with Gasteiger partial charge in [-0.3, -0.25) is 4.79 Å². The third-order valence-electron chi connectivity index (χ3n) is 3.76. The number of hydrogen-bond acceptors (Lipinski definition) is 6. The molecule has 2 unspecified atom stereocenters. The lowest BCUT2D eigenvalue weighted by molar-refractivity contribution is -0.143. The highest BCUT2D eigenvalue weighted by atomic mass is 16.4. The Morgan fingerprint density at radius 2 is 2.33 bits per heavy atom. The van der Waals surface area contributed by atoms with E-state index in [2.05, 4.69) is 15.5 Å². The normalized spacial score (nSPS) is 22.3. The minimum Gasteiger partial charge on any atom is -0.481 e. The molecule has 2 heterocycles. The lowest BCUT2D eigenvalue weighted by Gasteiger charge is -2.26. The first-order chi connectivity index (χ1) is 10.2. The lowest BCUT2D eigenvalue weighted by Crippen LogP contribution is -2.36. The number of nitrogens with one attached hydrogen (secondary N) is 1. The van der Waals surface area contributed by atoms with Gasteiger partial charge in [-0.25, -0.2) is 0 Å². The third kappa shape index (κ3) is 3.30. The Labute approximate surface area is 121 Å². The van der Waals surface area contributed by atoms with Crippen molar-refractivity contribution in [2.24, 2.45) is 5.92 Å². The Balaban J connectivity index is 1.54. The first-order valence-corrected chi connectivity index (χ1v) is 7.05. The molecule has 0 saturated heterocycles. The fraction of sp³-hybridized carbons (Fsp3) is 0.500. The van der Waals surface area contributed by atoms with Gasteiger partial charge in [-0.05, 0) is 31.4 Å². The zero-order valence-corrected chi connectivity index (χ0v) is 11.5. The van der Waals surface area contributed by atoms with Crippen molar-refractivity contribution in [1.82, 2.24) is 15.5 Å². The van der Waals surface area contributed by atoms with Crippen molar-refractivity contribution in [1.29, 1.82) is 0 Å². The number of hydrogen-bond donors (Lipinski definition) is 2. The van der Waals surface area contributed by atoms with E-state index in [1.165, 1.54) is 0 Å². The second-order valence-electron chi connectivity index (χ2n) is 5.26. The Hall–Kier alpha value is -2.15. The standard InChI is InChI=1S/C14H17N3O4/c18-14(19)9-3-1-4-10(7-9)15-8-12-16-17-13(21-12)11-5-2-6-20-11/h2,5-6,9-10,15H,1,3-4,7-8H2,(H,18,19). The van der Waals surface area contributed by atoms with Crippen molar-refractivity contribution in [3.63, 3.8) is 0 Å². The minimum absolute atomic E-state index is 0.179. The third-order valence-corrected chi connectivity index (χ3v) is 3.76. The molecule has 0 aromatic carbocycles. The van der Waals surface area contributed by atoms with Crippen LogP contribution in [0.5, 0.6) is 0 Å². The van der Waals surface area contributed by atoms with Crippen LogP contribution in [0.4, 0.5) is 0 Å². The van der Waals surface area contributed by atoms with E-state index < -0.39 is 5.97 Å². The number of aliphatic carboxylic acids is 1. The maximum absolute atomic E-state index is 11.0. The number of carboxylic acid groups (broad SMARTS) is 1. The van der Waals surface area contributed by atoms with Crippen LogP contribution in [0.15, 0.2) is 27.2 Å². The van der Waals surface area contributed by atoms with Crippen molar-refractivity contribution in [3.05, 3.63) is 24.3 Å². The number of nitrogens with zero attached hydrogens (tertiary/aromatic N) is 2. The summed E-state index contributed by atoms with van der Waals surface area (Å²) >= 11 is 0. The maximum atomic E-state index is 11.0. The van der Waals surface area contributed by atoms with Gasteiger partial charge in [0, 0.05) is 6.04 Å². The van der Waals surface area contributed by atoms with Crippen molar-refractivity contribution < 1.29 is 18.7 Å². The molecule has 0 radical (unpaired) electrons. The van der Waals surface area contributed by atoms with Crippen LogP contribution in [-0.2, 0) is 11.3 Å². The Morgan fingerprint density at radius 1 is 1.43 bits per heavy atom. The largest absolute Gasteiger partial charge is 0.481 e. The molecule has 3 rings (SSSR count). The van der Waals surface area contributed by atoms with E-state index in [0.717, 1.165) is 19.3 Å². The van der Waals surface area contributed by atoms with Gasteiger partial charge in [-0.1, -0.05) is 6.42 Å². The van der Waals surface area contributed by atoms with Gasteiger partial charge in [0.05, 0.1) is 18.7 Å². The first kappa shape index (κ1) is 13.8. The van der Waals surface area contributed by atoms with Gasteiger partial charge in [0.2, 0.25) is 5.89 Å². The average Bonchev–Trinajstić information content (AvgIpc) is 3.16. The summed E-state index contributed by atoms with van der Waals surface area (Å²) < 4.78 is 10.7. The van der Waals surface area contributed by atoms with E-state index in [9.17, 15) is 4.79 Å². The van der Waals surface area contributed by atoms with Crippen LogP contribution in [0.25, 0.3) is 11.7 Å². The molecule has 21 heavy (non-hydrogen) atoms. The molecule has 1 fully saturated rings. The van der Waals surface area contributed by atoms with Gasteiger partial charge in [0.15, 0.2) is 5.76 Å². The predicted molar refractivity (Wildman–Crippen MR) is 72.2 cm³/mol. The highest BCUT2D eigenvalue weighted by Crippen LogP contribution is 2.25. The fourth-order valence-electron chi connectivity index (χ4n) is 2.66. The molecule has 2 N–H and O–H groups in total. The number of carbonyl (C=O) groups is 1. The van der Waals surface area contributed by atoms with Crippen LogP contribution in [-0.4, -0.2) is 27.3 Å². The molecule has 1 saturated carbocycles. The number of aromatic nitrogens is 2. The van der Waals surface area contributed by atoms with E-state index in [1.54, 1.807) is 18.4 Å². The van der Waals surface area contributed by atoms with Crippen LogP contribution in [0.3, 0.4) is 0 Å². The highest BCUT2D eigenvalue weighted by Gasteiger charge is 2.26. The Bertz CT molecular complexity index is 593. The molecular formula is C14H17N3O4. The summed E-state index contributed by atoms with van der Waals surface area (Å²) in [5.41, 5.74) is 0. The first-order valence-electron chi connectivity index (χ1n) is 7.05. The van der Waals surface area contributed by atoms with Crippen LogP contribution < -0.4 is 5.32 Å². The summed E-state index contributed by atoms with van der Waals surface area (Å²) in [6.07, 6.45) is 4.86. The van der Waals surface area contributed by atoms with Crippen LogP contribution in [0, 0.1) is 5.92 Å². The van der Waals surface area contributed by atoms with E-state index in [-0.39, 0.29) is 12.0 Å². The summed E-state index contributed by atoms with van der Waals surface area (Å²) in [5.74, 6) is 0.400. The van der Waals surface area contributed by atoms with Gasteiger partial charge in [0.25, 0.3) is 5.89 Å². The lowest BCUT2D eigenvalue weighted by atomic mass is 9.86. The van der Waals surface area contributed by atoms with Crippen molar-refractivity contribution in [2.75, 3.05) is 0 Å².